The molecule has 2 heterocycles. The Morgan fingerprint density at radius 1 is 0.903 bits per heavy atom. The summed E-state index contributed by atoms with van der Waals surface area (Å²) < 4.78 is 0. The van der Waals surface area contributed by atoms with Crippen molar-refractivity contribution in [1.29, 1.82) is 0 Å². The van der Waals surface area contributed by atoms with Crippen molar-refractivity contribution in [3.63, 3.8) is 0 Å². The van der Waals surface area contributed by atoms with Gasteiger partial charge in [0.05, 0.1) is 6.10 Å². The Morgan fingerprint density at radius 2 is 1.68 bits per heavy atom. The summed E-state index contributed by atoms with van der Waals surface area (Å²) in [6.07, 6.45) is 17.0. The minimum atomic E-state index is -0.439. The first-order valence-corrected chi connectivity index (χ1v) is 13.0. The molecular weight excluding hydrogens is 384 g/mol. The van der Waals surface area contributed by atoms with Crippen molar-refractivity contribution in [2.24, 2.45) is 46.3 Å². The molecule has 0 aromatic heterocycles. The topological polar surface area (TPSA) is 38.7 Å². The minimum Gasteiger partial charge on any atom is -0.393 e. The summed E-state index contributed by atoms with van der Waals surface area (Å²) >= 11 is 0. The highest BCUT2D eigenvalue weighted by Gasteiger charge is 2.74. The van der Waals surface area contributed by atoms with Gasteiger partial charge in [0.2, 0.25) is 0 Å². The van der Waals surface area contributed by atoms with Gasteiger partial charge in [0.25, 0.3) is 0 Å². The van der Waals surface area contributed by atoms with E-state index in [0.717, 1.165) is 12.8 Å². The van der Waals surface area contributed by atoms with Crippen LogP contribution in [0.1, 0.15) is 86.5 Å². The van der Waals surface area contributed by atoms with E-state index in [4.69, 9.17) is 9.78 Å². The molecule has 174 valence electrons. The van der Waals surface area contributed by atoms with Crippen molar-refractivity contribution in [2.45, 2.75) is 104 Å². The molecule has 3 saturated carbocycles. The molecular formula is C28H44O3. The van der Waals surface area contributed by atoms with Crippen molar-refractivity contribution in [3.8, 4) is 0 Å². The van der Waals surface area contributed by atoms with Gasteiger partial charge in [-0.3, -0.25) is 0 Å². The van der Waals surface area contributed by atoms with Gasteiger partial charge in [0.1, 0.15) is 11.2 Å². The third-order valence-electron chi connectivity index (χ3n) is 11.1. The molecule has 2 bridgehead atoms. The molecule has 31 heavy (non-hydrogen) atoms. The van der Waals surface area contributed by atoms with Gasteiger partial charge in [-0.1, -0.05) is 59.8 Å². The summed E-state index contributed by atoms with van der Waals surface area (Å²) in [5.41, 5.74) is -0.366. The van der Waals surface area contributed by atoms with Crippen LogP contribution in [0.4, 0.5) is 0 Å². The van der Waals surface area contributed by atoms with Crippen LogP contribution < -0.4 is 0 Å². The molecule has 10 atom stereocenters. The zero-order chi connectivity index (χ0) is 22.2. The molecule has 1 saturated heterocycles. The molecule has 3 heteroatoms. The van der Waals surface area contributed by atoms with Gasteiger partial charge in [-0.15, -0.1) is 0 Å². The highest BCUT2D eigenvalue weighted by atomic mass is 17.2. The molecule has 2 spiro atoms. The fraction of sp³-hybridized carbons (Fsp3) is 0.857. The Hall–Kier alpha value is -0.640. The highest BCUT2D eigenvalue weighted by Crippen LogP contribution is 2.72. The molecule has 4 aliphatic carbocycles. The fourth-order valence-corrected chi connectivity index (χ4v) is 8.71. The Bertz CT molecular complexity index is 772. The molecule has 0 aromatic rings. The molecule has 4 fully saturated rings. The summed E-state index contributed by atoms with van der Waals surface area (Å²) in [7, 11) is 0. The van der Waals surface area contributed by atoms with Crippen LogP contribution >= 0.6 is 0 Å². The predicted octanol–water partition coefficient (Wildman–Crippen LogP) is 6.47. The van der Waals surface area contributed by atoms with Crippen LogP contribution in [-0.4, -0.2) is 22.4 Å². The first-order valence-electron chi connectivity index (χ1n) is 13.0. The Morgan fingerprint density at radius 3 is 2.35 bits per heavy atom. The minimum absolute atomic E-state index is 0.0663. The third kappa shape index (κ3) is 2.88. The summed E-state index contributed by atoms with van der Waals surface area (Å²) in [5, 5.41) is 10.4. The monoisotopic (exact) mass is 428 g/mol. The van der Waals surface area contributed by atoms with Crippen LogP contribution in [0.3, 0.4) is 0 Å². The normalized spacial score (nSPS) is 52.8. The van der Waals surface area contributed by atoms with E-state index in [9.17, 15) is 5.11 Å². The van der Waals surface area contributed by atoms with Crippen LogP contribution in [0.25, 0.3) is 0 Å². The molecule has 2 aliphatic heterocycles. The highest BCUT2D eigenvalue weighted by molar-refractivity contribution is 5.33. The molecule has 6 aliphatic rings. The number of aliphatic hydroxyl groups is 1. The molecule has 0 aromatic carbocycles. The van der Waals surface area contributed by atoms with E-state index < -0.39 is 5.60 Å². The first kappa shape index (κ1) is 22.2. The largest absolute Gasteiger partial charge is 0.393 e. The third-order valence-corrected chi connectivity index (χ3v) is 11.1. The number of hydrogen-bond donors (Lipinski definition) is 1. The quantitative estimate of drug-likeness (QED) is 0.412. The summed E-state index contributed by atoms with van der Waals surface area (Å²) in [6, 6.07) is 0. The zero-order valence-electron chi connectivity index (χ0n) is 20.6. The van der Waals surface area contributed by atoms with Crippen molar-refractivity contribution >= 4 is 0 Å². The lowest BCUT2D eigenvalue weighted by Crippen LogP contribution is -2.73. The van der Waals surface area contributed by atoms with E-state index in [0.29, 0.717) is 41.9 Å². The molecule has 3 nitrogen and oxygen atoms in total. The van der Waals surface area contributed by atoms with Crippen molar-refractivity contribution in [1.82, 2.24) is 0 Å². The van der Waals surface area contributed by atoms with Gasteiger partial charge in [0.15, 0.2) is 0 Å². The maximum Gasteiger partial charge on any atom is 0.130 e. The number of rotatable bonds is 4. The van der Waals surface area contributed by atoms with E-state index in [1.807, 2.05) is 0 Å². The van der Waals surface area contributed by atoms with Crippen LogP contribution in [0.2, 0.25) is 0 Å². The lowest BCUT2D eigenvalue weighted by Gasteiger charge is -2.69. The van der Waals surface area contributed by atoms with Crippen LogP contribution in [0.5, 0.6) is 0 Å². The van der Waals surface area contributed by atoms with Crippen molar-refractivity contribution in [3.05, 3.63) is 24.3 Å². The molecule has 3 unspecified atom stereocenters. The van der Waals surface area contributed by atoms with Crippen molar-refractivity contribution in [2.75, 3.05) is 0 Å². The smallest absolute Gasteiger partial charge is 0.130 e. The van der Waals surface area contributed by atoms with Crippen LogP contribution in [-0.2, 0) is 9.78 Å². The molecule has 6 rings (SSSR count). The second-order valence-corrected chi connectivity index (χ2v) is 12.7. The molecule has 0 radical (unpaired) electrons. The maximum atomic E-state index is 10.4. The zero-order valence-corrected chi connectivity index (χ0v) is 20.6. The average Bonchev–Trinajstić information content (AvgIpc) is 3.09. The Labute approximate surface area is 189 Å². The van der Waals surface area contributed by atoms with Gasteiger partial charge in [-0.05, 0) is 73.7 Å². The summed E-state index contributed by atoms with van der Waals surface area (Å²) in [6.45, 7) is 14.4. The van der Waals surface area contributed by atoms with E-state index in [1.165, 1.54) is 25.7 Å². The van der Waals surface area contributed by atoms with Crippen LogP contribution in [0.15, 0.2) is 24.3 Å². The van der Waals surface area contributed by atoms with E-state index in [1.54, 1.807) is 0 Å². The van der Waals surface area contributed by atoms with E-state index >= 15 is 0 Å². The number of allylic oxidation sites excluding steroid dienone is 2. The van der Waals surface area contributed by atoms with Gasteiger partial charge < -0.3 is 5.11 Å². The summed E-state index contributed by atoms with van der Waals surface area (Å²) in [4.78, 5) is 12.8. The van der Waals surface area contributed by atoms with E-state index in [2.05, 4.69) is 65.8 Å². The number of fused-ring (bicyclic) bond motifs is 2. The maximum absolute atomic E-state index is 10.4. The lowest BCUT2D eigenvalue weighted by atomic mass is 9.43. The van der Waals surface area contributed by atoms with Crippen molar-refractivity contribution < 1.29 is 14.9 Å². The second kappa shape index (κ2) is 7.18. The molecule has 1 N–H and O–H groups in total. The number of hydrogen-bond acceptors (Lipinski definition) is 3. The fourth-order valence-electron chi connectivity index (χ4n) is 8.71. The van der Waals surface area contributed by atoms with Crippen LogP contribution in [0, 0.1) is 46.3 Å². The Balaban J connectivity index is 1.45. The van der Waals surface area contributed by atoms with Gasteiger partial charge in [-0.25, -0.2) is 9.78 Å². The lowest BCUT2D eigenvalue weighted by molar-refractivity contribution is -0.497. The second-order valence-electron chi connectivity index (χ2n) is 12.7. The van der Waals surface area contributed by atoms with E-state index in [-0.39, 0.29) is 22.5 Å². The van der Waals surface area contributed by atoms with Gasteiger partial charge >= 0.3 is 0 Å². The Kier molecular flexibility index (Phi) is 5.13. The van der Waals surface area contributed by atoms with Gasteiger partial charge in [-0.2, -0.15) is 0 Å². The average molecular weight is 429 g/mol. The molecule has 0 amide bonds. The standard InChI is InChI=1S/C28H44O3/c1-18(2)19(3)7-8-20(4)22-9-10-23-25(22,5)13-12-24-26(6)14-11-21(29)17-27(26)15-16-28(23,24)31-30-27/h7-8,15-16,18-24,29H,9-14,17H2,1-6H3/b8-7+/t19-,20-,21+,22?,23?,24?,25-,26-,27-,28+/m1/s1. The summed E-state index contributed by atoms with van der Waals surface area (Å²) in [5.74, 6) is 3.64. The number of aliphatic hydroxyl groups excluding tert-OH is 1. The van der Waals surface area contributed by atoms with Gasteiger partial charge in [0, 0.05) is 23.7 Å². The predicted molar refractivity (Wildman–Crippen MR) is 124 cm³/mol. The SMILES string of the molecule is CC(C)[C@H](C)/C=C/[C@@H](C)C1CCC2[C@]1(C)CCC1[C@]23C=C[C@]2(C[C@@H](O)CC[C@]12C)OO3. The first-order chi connectivity index (χ1) is 14.6.